The Balaban J connectivity index is 2.16. The van der Waals surface area contributed by atoms with Crippen molar-refractivity contribution in [1.29, 1.82) is 0 Å². The number of anilines is 1. The minimum Gasteiger partial charge on any atom is -0.492 e. The van der Waals surface area contributed by atoms with Crippen molar-refractivity contribution in [3.8, 4) is 5.75 Å². The molecule has 0 spiro atoms. The van der Waals surface area contributed by atoms with Crippen LogP contribution in [0.25, 0.3) is 0 Å². The monoisotopic (exact) mass is 305 g/mol. The van der Waals surface area contributed by atoms with Gasteiger partial charge in [-0.15, -0.1) is 0 Å². The Bertz CT molecular complexity index is 616. The van der Waals surface area contributed by atoms with Gasteiger partial charge in [-0.25, -0.2) is 0 Å². The average molecular weight is 306 g/mol. The van der Waals surface area contributed by atoms with Crippen LogP contribution >= 0.6 is 11.6 Å². The first kappa shape index (κ1) is 15.4. The maximum absolute atomic E-state index is 12.1. The predicted molar refractivity (Wildman–Crippen MR) is 82.7 cm³/mol. The molecule has 2 N–H and O–H groups in total. The topological polar surface area (TPSA) is 58.6 Å². The fourth-order valence-corrected chi connectivity index (χ4v) is 2.02. The summed E-state index contributed by atoms with van der Waals surface area (Å²) in [5.74, 6) is -0.0527. The molecule has 2 aromatic rings. The van der Waals surface area contributed by atoms with Crippen molar-refractivity contribution in [3.63, 3.8) is 0 Å². The number of hydrogen-bond donors (Lipinski definition) is 2. The Labute approximate surface area is 128 Å². The highest BCUT2D eigenvalue weighted by atomic mass is 35.5. The first-order chi connectivity index (χ1) is 10.1. The second-order valence-electron chi connectivity index (χ2n) is 4.38. The molecule has 0 aliphatic carbocycles. The van der Waals surface area contributed by atoms with Gasteiger partial charge in [0.1, 0.15) is 5.75 Å². The summed E-state index contributed by atoms with van der Waals surface area (Å²) >= 11 is 5.91. The molecule has 110 valence electrons. The third kappa shape index (κ3) is 3.97. The van der Waals surface area contributed by atoms with E-state index in [9.17, 15) is 9.90 Å². The zero-order valence-electron chi connectivity index (χ0n) is 11.5. The third-order valence-corrected chi connectivity index (χ3v) is 3.10. The molecule has 0 aliphatic rings. The van der Waals surface area contributed by atoms with Gasteiger partial charge in [-0.3, -0.25) is 4.79 Å². The van der Waals surface area contributed by atoms with E-state index in [1.165, 1.54) is 0 Å². The molecule has 1 unspecified atom stereocenters. The van der Waals surface area contributed by atoms with Crippen LogP contribution in [0.1, 0.15) is 18.6 Å². The van der Waals surface area contributed by atoms with Crippen LogP contribution in [0.2, 0.25) is 5.02 Å². The van der Waals surface area contributed by atoms with Gasteiger partial charge in [0.15, 0.2) is 6.10 Å². The van der Waals surface area contributed by atoms with E-state index in [-0.39, 0.29) is 0 Å². The van der Waals surface area contributed by atoms with Crippen LogP contribution < -0.4 is 10.1 Å². The summed E-state index contributed by atoms with van der Waals surface area (Å²) in [6.07, 6.45) is -1.24. The lowest BCUT2D eigenvalue weighted by atomic mass is 10.1. The van der Waals surface area contributed by atoms with E-state index in [1.54, 1.807) is 42.5 Å². The molecule has 0 aliphatic heterocycles. The molecule has 1 atom stereocenters. The van der Waals surface area contributed by atoms with E-state index < -0.39 is 12.0 Å². The van der Waals surface area contributed by atoms with Crippen molar-refractivity contribution < 1.29 is 14.6 Å². The van der Waals surface area contributed by atoms with E-state index in [0.717, 1.165) is 0 Å². The fourth-order valence-electron chi connectivity index (χ4n) is 1.86. The highest BCUT2D eigenvalue weighted by molar-refractivity contribution is 6.30. The first-order valence-corrected chi connectivity index (χ1v) is 6.96. The van der Waals surface area contributed by atoms with Crippen LogP contribution in [0, 0.1) is 0 Å². The van der Waals surface area contributed by atoms with Crippen molar-refractivity contribution in [3.05, 3.63) is 59.1 Å². The van der Waals surface area contributed by atoms with Crippen LogP contribution in [0.5, 0.6) is 5.75 Å². The number of rotatable bonds is 5. The second-order valence-corrected chi connectivity index (χ2v) is 4.81. The lowest BCUT2D eigenvalue weighted by molar-refractivity contribution is -0.124. The van der Waals surface area contributed by atoms with Crippen LogP contribution in [0.3, 0.4) is 0 Å². The van der Waals surface area contributed by atoms with E-state index in [1.807, 2.05) is 13.0 Å². The molecule has 0 radical (unpaired) electrons. The van der Waals surface area contributed by atoms with Gasteiger partial charge >= 0.3 is 0 Å². The number of benzene rings is 2. The molecule has 0 heterocycles. The fraction of sp³-hybridized carbons (Fsp3) is 0.188. The summed E-state index contributed by atoms with van der Waals surface area (Å²) in [7, 11) is 0. The number of carbonyl (C=O) groups excluding carboxylic acids is 1. The molecule has 21 heavy (non-hydrogen) atoms. The molecule has 0 saturated carbocycles. The molecule has 2 aromatic carbocycles. The maximum atomic E-state index is 12.1. The largest absolute Gasteiger partial charge is 0.492 e. The Hall–Kier alpha value is -2.04. The van der Waals surface area contributed by atoms with Gasteiger partial charge in [0.25, 0.3) is 5.91 Å². The quantitative estimate of drug-likeness (QED) is 0.890. The zero-order chi connectivity index (χ0) is 15.2. The lowest BCUT2D eigenvalue weighted by Crippen LogP contribution is -2.21. The molecular formula is C16H16ClNO3. The number of halogens is 1. The third-order valence-electron chi connectivity index (χ3n) is 2.87. The van der Waals surface area contributed by atoms with Crippen molar-refractivity contribution >= 4 is 23.2 Å². The van der Waals surface area contributed by atoms with Gasteiger partial charge in [0, 0.05) is 11.1 Å². The Kier molecular flexibility index (Phi) is 5.20. The van der Waals surface area contributed by atoms with Crippen LogP contribution in [-0.4, -0.2) is 17.6 Å². The zero-order valence-corrected chi connectivity index (χ0v) is 12.3. The minimum absolute atomic E-state index is 0.449. The molecule has 0 aromatic heterocycles. The molecule has 5 heteroatoms. The number of nitrogens with one attached hydrogen (secondary N) is 1. The normalized spacial score (nSPS) is 11.8. The molecule has 2 rings (SSSR count). The lowest BCUT2D eigenvalue weighted by Gasteiger charge is -2.15. The first-order valence-electron chi connectivity index (χ1n) is 6.58. The smallest absolute Gasteiger partial charge is 0.257 e. The number of aliphatic hydroxyl groups excluding tert-OH is 1. The minimum atomic E-state index is -1.24. The van der Waals surface area contributed by atoms with Crippen molar-refractivity contribution in [1.82, 2.24) is 0 Å². The molecule has 1 amide bonds. The summed E-state index contributed by atoms with van der Waals surface area (Å²) in [6.45, 7) is 2.29. The van der Waals surface area contributed by atoms with E-state index >= 15 is 0 Å². The number of carbonyl (C=O) groups is 1. The standard InChI is InChI=1S/C16H16ClNO3/c1-2-21-14-10-12(17)8-9-13(14)18-16(20)15(19)11-6-4-3-5-7-11/h3-10,15,19H,2H2,1H3,(H,18,20). The summed E-state index contributed by atoms with van der Waals surface area (Å²) in [5, 5.41) is 13.2. The summed E-state index contributed by atoms with van der Waals surface area (Å²) < 4.78 is 5.42. The Morgan fingerprint density at radius 1 is 1.29 bits per heavy atom. The van der Waals surface area contributed by atoms with Crippen LogP contribution in [0.4, 0.5) is 5.69 Å². The van der Waals surface area contributed by atoms with E-state index in [4.69, 9.17) is 16.3 Å². The number of amides is 1. The van der Waals surface area contributed by atoms with Crippen LogP contribution in [-0.2, 0) is 4.79 Å². The van der Waals surface area contributed by atoms with Gasteiger partial charge in [-0.1, -0.05) is 41.9 Å². The molecular weight excluding hydrogens is 290 g/mol. The van der Waals surface area contributed by atoms with Gasteiger partial charge in [-0.2, -0.15) is 0 Å². The Morgan fingerprint density at radius 3 is 2.67 bits per heavy atom. The van der Waals surface area contributed by atoms with Crippen LogP contribution in [0.15, 0.2) is 48.5 Å². The van der Waals surface area contributed by atoms with Crippen molar-refractivity contribution in [2.45, 2.75) is 13.0 Å². The number of aliphatic hydroxyl groups is 1. The van der Waals surface area contributed by atoms with Gasteiger partial charge in [0.05, 0.1) is 12.3 Å². The van der Waals surface area contributed by atoms with E-state index in [2.05, 4.69) is 5.32 Å². The highest BCUT2D eigenvalue weighted by Crippen LogP contribution is 2.29. The van der Waals surface area contributed by atoms with Gasteiger partial charge < -0.3 is 15.2 Å². The molecule has 0 bridgehead atoms. The maximum Gasteiger partial charge on any atom is 0.257 e. The SMILES string of the molecule is CCOc1cc(Cl)ccc1NC(=O)C(O)c1ccccc1. The summed E-state index contributed by atoms with van der Waals surface area (Å²) in [6, 6.07) is 13.6. The average Bonchev–Trinajstić information content (AvgIpc) is 2.50. The van der Waals surface area contributed by atoms with Gasteiger partial charge in [0.2, 0.25) is 0 Å². The molecule has 0 saturated heterocycles. The highest BCUT2D eigenvalue weighted by Gasteiger charge is 2.18. The predicted octanol–water partition coefficient (Wildman–Crippen LogP) is 3.41. The number of ether oxygens (including phenoxy) is 1. The van der Waals surface area contributed by atoms with E-state index in [0.29, 0.717) is 28.6 Å². The molecule has 0 fully saturated rings. The Morgan fingerprint density at radius 2 is 2.00 bits per heavy atom. The molecule has 4 nitrogen and oxygen atoms in total. The second kappa shape index (κ2) is 7.11. The summed E-state index contributed by atoms with van der Waals surface area (Å²) in [4.78, 5) is 12.1. The van der Waals surface area contributed by atoms with Crippen molar-refractivity contribution in [2.75, 3.05) is 11.9 Å². The number of hydrogen-bond acceptors (Lipinski definition) is 3. The van der Waals surface area contributed by atoms with Crippen molar-refractivity contribution in [2.24, 2.45) is 0 Å². The van der Waals surface area contributed by atoms with Gasteiger partial charge in [-0.05, 0) is 24.6 Å². The summed E-state index contributed by atoms with van der Waals surface area (Å²) in [5.41, 5.74) is 1.00.